The molecule has 0 N–H and O–H groups in total. The smallest absolute Gasteiger partial charge is 0.0618 e. The fraction of sp³-hybridized carbons (Fsp3) is 0. The van der Waals surface area contributed by atoms with Crippen LogP contribution in [-0.4, -0.2) is 0 Å². The predicted octanol–water partition coefficient (Wildman–Crippen LogP) is 3.09. The number of rotatable bonds is 2. The zero-order chi connectivity index (χ0) is 9.80. The lowest BCUT2D eigenvalue weighted by molar-refractivity contribution is 1.05. The van der Waals surface area contributed by atoms with Crippen LogP contribution in [0.25, 0.3) is 0 Å². The van der Waals surface area contributed by atoms with E-state index in [4.69, 9.17) is 0 Å². The fourth-order valence-electron chi connectivity index (χ4n) is 1.21. The van der Waals surface area contributed by atoms with Crippen molar-refractivity contribution in [3.05, 3.63) is 65.6 Å². The van der Waals surface area contributed by atoms with Gasteiger partial charge in [-0.2, -0.15) is 0 Å². The molecule has 2 rings (SSSR count). The van der Waals surface area contributed by atoms with Crippen LogP contribution in [0.4, 0.5) is 11.4 Å². The number of hydrogen-bond acceptors (Lipinski definition) is 1. The van der Waals surface area contributed by atoms with Crippen LogP contribution in [-0.2, 0) is 0 Å². The van der Waals surface area contributed by atoms with Crippen molar-refractivity contribution in [2.24, 2.45) is 0 Å². The highest BCUT2D eigenvalue weighted by molar-refractivity contribution is 5.49. The molecule has 0 heterocycles. The van der Waals surface area contributed by atoms with Crippen molar-refractivity contribution < 1.29 is 0 Å². The van der Waals surface area contributed by atoms with Gasteiger partial charge >= 0.3 is 0 Å². The van der Waals surface area contributed by atoms with E-state index in [2.05, 4.69) is 6.07 Å². The molecule has 0 saturated heterocycles. The molecule has 0 spiro atoms. The second-order valence-corrected chi connectivity index (χ2v) is 2.88. The molecule has 0 aliphatic heterocycles. The maximum Gasteiger partial charge on any atom is 0.271 e. The van der Waals surface area contributed by atoms with Crippen molar-refractivity contribution >= 4 is 11.4 Å². The lowest BCUT2D eigenvalue weighted by Crippen LogP contribution is -1.96. The molecule has 0 aliphatic rings. The Morgan fingerprint density at radius 3 is 2.29 bits per heavy atom. The SMILES string of the molecule is O=[N+](c1[c]cccc1)c1ccccc1. The van der Waals surface area contributed by atoms with Gasteiger partial charge in [0.05, 0.1) is 10.8 Å². The fourth-order valence-corrected chi connectivity index (χ4v) is 1.21. The van der Waals surface area contributed by atoms with Crippen LogP contribution in [0.15, 0.2) is 54.6 Å². The van der Waals surface area contributed by atoms with Crippen LogP contribution in [0, 0.1) is 11.0 Å². The Kier molecular flexibility index (Phi) is 2.36. The third-order valence-corrected chi connectivity index (χ3v) is 1.90. The lowest BCUT2D eigenvalue weighted by atomic mass is 10.3. The molecule has 0 unspecified atom stereocenters. The van der Waals surface area contributed by atoms with Gasteiger partial charge in [-0.25, -0.2) is 0 Å². The predicted molar refractivity (Wildman–Crippen MR) is 56.5 cm³/mol. The highest BCUT2D eigenvalue weighted by Crippen LogP contribution is 2.17. The molecule has 0 aromatic heterocycles. The number of hydrogen-bond donors (Lipinski definition) is 0. The Morgan fingerprint density at radius 1 is 0.929 bits per heavy atom. The maximum atomic E-state index is 11.7. The molecule has 2 nitrogen and oxygen atoms in total. The van der Waals surface area contributed by atoms with Crippen LogP contribution in [0.3, 0.4) is 0 Å². The summed E-state index contributed by atoms with van der Waals surface area (Å²) in [6.45, 7) is 0. The van der Waals surface area contributed by atoms with E-state index >= 15 is 0 Å². The topological polar surface area (TPSA) is 20.1 Å². The molecule has 67 valence electrons. The number of para-hydroxylation sites is 2. The second-order valence-electron chi connectivity index (χ2n) is 2.88. The molecule has 0 bridgehead atoms. The van der Waals surface area contributed by atoms with Gasteiger partial charge in [0, 0.05) is 23.1 Å². The molecular formula is C12H9NO+. The van der Waals surface area contributed by atoms with E-state index < -0.39 is 0 Å². The summed E-state index contributed by atoms with van der Waals surface area (Å²) in [5.74, 6) is 0. The Morgan fingerprint density at radius 2 is 1.64 bits per heavy atom. The van der Waals surface area contributed by atoms with E-state index in [1.54, 1.807) is 24.3 Å². The number of nitroso groups, excluding NO2 is 1. The Labute approximate surface area is 82.4 Å². The zero-order valence-corrected chi connectivity index (χ0v) is 7.55. The Hall–Kier alpha value is -1.96. The van der Waals surface area contributed by atoms with E-state index in [1.807, 2.05) is 30.3 Å². The van der Waals surface area contributed by atoms with Crippen molar-refractivity contribution in [3.8, 4) is 0 Å². The average Bonchev–Trinajstić information content (AvgIpc) is 2.30. The first-order valence-electron chi connectivity index (χ1n) is 4.37. The van der Waals surface area contributed by atoms with Crippen molar-refractivity contribution in [2.45, 2.75) is 0 Å². The molecule has 2 aromatic carbocycles. The monoisotopic (exact) mass is 183 g/mol. The Balaban J connectivity index is 2.35. The summed E-state index contributed by atoms with van der Waals surface area (Å²) in [5.41, 5.74) is 1.15. The van der Waals surface area contributed by atoms with E-state index in [0.29, 0.717) is 11.4 Å². The van der Waals surface area contributed by atoms with Gasteiger partial charge < -0.3 is 0 Å². The normalized spacial score (nSPS) is 9.71. The summed E-state index contributed by atoms with van der Waals surface area (Å²) < 4.78 is 0.861. The quantitative estimate of drug-likeness (QED) is 0.655. The van der Waals surface area contributed by atoms with Gasteiger partial charge in [-0.1, -0.05) is 30.3 Å². The number of benzene rings is 2. The van der Waals surface area contributed by atoms with Crippen molar-refractivity contribution in [1.29, 1.82) is 0 Å². The maximum absolute atomic E-state index is 11.7. The van der Waals surface area contributed by atoms with Gasteiger partial charge in [-0.15, -0.1) is 0 Å². The molecule has 0 aliphatic carbocycles. The largest absolute Gasteiger partial charge is 0.271 e. The summed E-state index contributed by atoms with van der Waals surface area (Å²) in [6, 6.07) is 19.1. The van der Waals surface area contributed by atoms with Crippen LogP contribution in [0.2, 0.25) is 0 Å². The summed E-state index contributed by atoms with van der Waals surface area (Å²) in [5, 5.41) is 0. The standard InChI is InChI=1S/C12H9NO/c14-13(11-7-3-1-4-8-11)12-9-5-2-6-10-12/h1-9H/q+1. The van der Waals surface area contributed by atoms with E-state index in [-0.39, 0.29) is 0 Å². The Bertz CT molecular complexity index is 381. The van der Waals surface area contributed by atoms with Crippen molar-refractivity contribution in [2.75, 3.05) is 0 Å². The van der Waals surface area contributed by atoms with E-state index in [1.165, 1.54) is 0 Å². The average molecular weight is 183 g/mol. The lowest BCUT2D eigenvalue weighted by Gasteiger charge is -1.90. The van der Waals surface area contributed by atoms with Crippen LogP contribution >= 0.6 is 0 Å². The summed E-state index contributed by atoms with van der Waals surface area (Å²) in [4.78, 5) is 11.7. The molecule has 2 aromatic rings. The van der Waals surface area contributed by atoms with Crippen LogP contribution in [0.5, 0.6) is 0 Å². The molecule has 0 atom stereocenters. The van der Waals surface area contributed by atoms with Crippen molar-refractivity contribution in [1.82, 2.24) is 4.76 Å². The van der Waals surface area contributed by atoms with Gasteiger partial charge in [-0.3, -0.25) is 0 Å². The van der Waals surface area contributed by atoms with Gasteiger partial charge in [0.1, 0.15) is 0 Å². The molecule has 14 heavy (non-hydrogen) atoms. The minimum absolute atomic E-state index is 0.527. The number of nitrogens with zero attached hydrogens (tertiary/aromatic N) is 1. The molecule has 0 fully saturated rings. The first-order chi connectivity index (χ1) is 6.88. The second kappa shape index (κ2) is 3.83. The molecule has 0 saturated carbocycles. The summed E-state index contributed by atoms with van der Waals surface area (Å²) in [7, 11) is 0. The van der Waals surface area contributed by atoms with Gasteiger partial charge in [-0.05, 0) is 6.07 Å². The van der Waals surface area contributed by atoms with E-state index in [0.717, 1.165) is 4.76 Å². The third-order valence-electron chi connectivity index (χ3n) is 1.90. The highest BCUT2D eigenvalue weighted by Gasteiger charge is 2.15. The molecule has 0 amide bonds. The minimum Gasteiger partial charge on any atom is -0.0618 e. The van der Waals surface area contributed by atoms with Gasteiger partial charge in [0.2, 0.25) is 0 Å². The molecular weight excluding hydrogens is 174 g/mol. The van der Waals surface area contributed by atoms with Crippen LogP contribution < -0.4 is 4.76 Å². The molecule has 1 radical (unpaired) electrons. The zero-order valence-electron chi connectivity index (χ0n) is 7.55. The van der Waals surface area contributed by atoms with Gasteiger partial charge in [0.15, 0.2) is 0 Å². The van der Waals surface area contributed by atoms with E-state index in [9.17, 15) is 4.91 Å². The molecule has 2 heteroatoms. The summed E-state index contributed by atoms with van der Waals surface area (Å²) >= 11 is 0. The summed E-state index contributed by atoms with van der Waals surface area (Å²) in [6.07, 6.45) is 0. The first kappa shape index (κ1) is 8.63. The first-order valence-corrected chi connectivity index (χ1v) is 4.37. The third kappa shape index (κ3) is 1.69. The highest BCUT2D eigenvalue weighted by atomic mass is 16.3. The van der Waals surface area contributed by atoms with Crippen LogP contribution in [0.1, 0.15) is 0 Å². The minimum atomic E-state index is 0.527. The van der Waals surface area contributed by atoms with Crippen molar-refractivity contribution in [3.63, 3.8) is 0 Å². The van der Waals surface area contributed by atoms with Gasteiger partial charge in [0.25, 0.3) is 11.4 Å².